The number of rotatable bonds is 3. The van der Waals surface area contributed by atoms with Crippen LogP contribution in [0.3, 0.4) is 0 Å². The van der Waals surface area contributed by atoms with Gasteiger partial charge in [0, 0.05) is 25.8 Å². The Morgan fingerprint density at radius 1 is 1.15 bits per heavy atom. The topological polar surface area (TPSA) is 74.3 Å². The molecule has 0 saturated carbocycles. The van der Waals surface area contributed by atoms with Crippen LogP contribution in [0.5, 0.6) is 0 Å². The number of aromatic amines is 1. The van der Waals surface area contributed by atoms with E-state index in [4.69, 9.17) is 4.74 Å². The lowest BCUT2D eigenvalue weighted by atomic mass is 9.84. The Labute approximate surface area is 157 Å². The first-order chi connectivity index (χ1) is 13.3. The van der Waals surface area contributed by atoms with Crippen molar-refractivity contribution in [2.45, 2.75) is 25.0 Å². The molecule has 1 aromatic carbocycles. The molecule has 2 fully saturated rings. The van der Waals surface area contributed by atoms with Crippen molar-refractivity contribution >= 4 is 22.9 Å². The smallest absolute Gasteiger partial charge is 0.410 e. The molecule has 2 saturated heterocycles. The number of ether oxygens (including phenoxy) is 1. The predicted octanol–water partition coefficient (Wildman–Crippen LogP) is 2.95. The predicted molar refractivity (Wildman–Crippen MR) is 101 cm³/mol. The average molecular weight is 363 g/mol. The lowest BCUT2D eigenvalue weighted by Crippen LogP contribution is -2.63. The molecule has 1 N–H and O–H groups in total. The summed E-state index contributed by atoms with van der Waals surface area (Å²) in [7, 11) is 0. The molecule has 5 rings (SSSR count). The molecule has 2 aromatic heterocycles. The van der Waals surface area contributed by atoms with E-state index in [0.29, 0.717) is 6.61 Å². The molecular weight excluding hydrogens is 342 g/mol. The van der Waals surface area contributed by atoms with Crippen molar-refractivity contribution < 1.29 is 9.53 Å². The second-order valence-electron chi connectivity index (χ2n) is 7.27. The number of likely N-dealkylation sites (tertiary alicyclic amines) is 1. The second-order valence-corrected chi connectivity index (χ2v) is 7.27. The zero-order valence-electron chi connectivity index (χ0n) is 15.0. The molecule has 4 heterocycles. The molecule has 0 bridgehead atoms. The van der Waals surface area contributed by atoms with Gasteiger partial charge >= 0.3 is 6.09 Å². The molecule has 1 atom stereocenters. The summed E-state index contributed by atoms with van der Waals surface area (Å²) in [5.41, 5.74) is 1.71. The van der Waals surface area contributed by atoms with Crippen LogP contribution in [0.2, 0.25) is 0 Å². The number of hydrogen-bond acceptors (Lipinski definition) is 5. The Kier molecular flexibility index (Phi) is 3.74. The highest BCUT2D eigenvalue weighted by molar-refractivity contribution is 5.87. The molecule has 2 aliphatic rings. The van der Waals surface area contributed by atoms with Crippen molar-refractivity contribution in [1.29, 1.82) is 0 Å². The third-order valence-corrected chi connectivity index (χ3v) is 5.76. The van der Waals surface area contributed by atoms with Crippen molar-refractivity contribution in [1.82, 2.24) is 19.9 Å². The maximum absolute atomic E-state index is 12.6. The van der Waals surface area contributed by atoms with Crippen LogP contribution in [0.25, 0.3) is 11.0 Å². The number of fused-ring (bicyclic) bond motifs is 1. The summed E-state index contributed by atoms with van der Waals surface area (Å²) in [6, 6.07) is 11.8. The van der Waals surface area contributed by atoms with Crippen LogP contribution in [0.4, 0.5) is 10.6 Å². The third kappa shape index (κ3) is 2.70. The summed E-state index contributed by atoms with van der Waals surface area (Å²) >= 11 is 0. The molecule has 1 amide bonds. The number of amides is 1. The van der Waals surface area contributed by atoms with E-state index in [-0.39, 0.29) is 11.6 Å². The molecule has 138 valence electrons. The van der Waals surface area contributed by atoms with E-state index in [9.17, 15) is 4.79 Å². The highest BCUT2D eigenvalue weighted by Gasteiger charge is 2.52. The maximum atomic E-state index is 12.6. The van der Waals surface area contributed by atoms with E-state index in [0.717, 1.165) is 54.9 Å². The minimum Gasteiger partial charge on any atom is -0.445 e. The van der Waals surface area contributed by atoms with Gasteiger partial charge in [0.15, 0.2) is 0 Å². The first kappa shape index (κ1) is 16.1. The molecule has 7 nitrogen and oxygen atoms in total. The average Bonchev–Trinajstić information content (AvgIpc) is 3.34. The molecule has 27 heavy (non-hydrogen) atoms. The summed E-state index contributed by atoms with van der Waals surface area (Å²) in [5, 5.41) is 1.02. The van der Waals surface area contributed by atoms with Gasteiger partial charge in [0.05, 0.1) is 10.9 Å². The fourth-order valence-electron chi connectivity index (χ4n) is 4.19. The maximum Gasteiger partial charge on any atom is 0.410 e. The van der Waals surface area contributed by atoms with Crippen LogP contribution < -0.4 is 4.90 Å². The third-order valence-electron chi connectivity index (χ3n) is 5.76. The zero-order valence-corrected chi connectivity index (χ0v) is 15.0. The Hall–Kier alpha value is -3.09. The molecule has 0 unspecified atom stereocenters. The fraction of sp³-hybridized carbons (Fsp3) is 0.350. The monoisotopic (exact) mass is 363 g/mol. The molecule has 1 spiro atoms. The van der Waals surface area contributed by atoms with E-state index in [1.54, 1.807) is 6.33 Å². The first-order valence-electron chi connectivity index (χ1n) is 9.27. The summed E-state index contributed by atoms with van der Waals surface area (Å²) in [4.78, 5) is 28.7. The minimum atomic E-state index is -0.221. The summed E-state index contributed by atoms with van der Waals surface area (Å²) in [5.74, 6) is 0.933. The number of nitrogens with zero attached hydrogens (tertiary/aromatic N) is 4. The van der Waals surface area contributed by atoms with Gasteiger partial charge in [0.25, 0.3) is 0 Å². The van der Waals surface area contributed by atoms with Gasteiger partial charge in [-0.25, -0.2) is 14.8 Å². The highest BCUT2D eigenvalue weighted by Crippen LogP contribution is 2.41. The Morgan fingerprint density at radius 2 is 2.00 bits per heavy atom. The lowest BCUT2D eigenvalue weighted by Gasteiger charge is -2.49. The number of aromatic nitrogens is 3. The molecule has 0 aliphatic carbocycles. The van der Waals surface area contributed by atoms with E-state index >= 15 is 0 Å². The summed E-state index contributed by atoms with van der Waals surface area (Å²) < 4.78 is 5.56. The zero-order chi connectivity index (χ0) is 18.3. The first-order valence-corrected chi connectivity index (χ1v) is 9.27. The van der Waals surface area contributed by atoms with E-state index in [2.05, 4.69) is 19.9 Å². The second kappa shape index (κ2) is 6.26. The largest absolute Gasteiger partial charge is 0.445 e. The van der Waals surface area contributed by atoms with Gasteiger partial charge in [0.2, 0.25) is 0 Å². The van der Waals surface area contributed by atoms with E-state index in [1.165, 1.54) is 0 Å². The van der Waals surface area contributed by atoms with Gasteiger partial charge in [-0.1, -0.05) is 30.3 Å². The van der Waals surface area contributed by atoms with Crippen LogP contribution in [0.1, 0.15) is 18.4 Å². The number of carbonyl (C=O) groups excluding carboxylic acids is 1. The summed E-state index contributed by atoms with van der Waals surface area (Å²) in [6.07, 6.45) is 5.19. The number of H-pyrrole nitrogens is 1. The number of anilines is 1. The van der Waals surface area contributed by atoms with E-state index in [1.807, 2.05) is 47.5 Å². The number of benzene rings is 1. The minimum absolute atomic E-state index is 0.138. The number of hydrogen-bond donors (Lipinski definition) is 1. The number of carbonyl (C=O) groups is 1. The lowest BCUT2D eigenvalue weighted by molar-refractivity contribution is -0.00502. The molecule has 2 aliphatic heterocycles. The molecule has 0 radical (unpaired) electrons. The van der Waals surface area contributed by atoms with Crippen LogP contribution in [0, 0.1) is 0 Å². The van der Waals surface area contributed by atoms with Gasteiger partial charge in [-0.3, -0.25) is 0 Å². The van der Waals surface area contributed by atoms with Crippen LogP contribution >= 0.6 is 0 Å². The van der Waals surface area contributed by atoms with Crippen molar-refractivity contribution in [3.8, 4) is 0 Å². The van der Waals surface area contributed by atoms with Gasteiger partial charge in [-0.2, -0.15) is 0 Å². The normalized spacial score (nSPS) is 21.6. The standard InChI is InChI=1S/C20H21N5O2/c26-19(27-12-15-4-2-1-3-5-15)25-11-8-20(25)7-10-24(13-20)18-16-6-9-21-17(16)22-14-23-18/h1-6,9,14H,7-8,10-13H2,(H,21,22,23)/t20-/m1/s1. The van der Waals surface area contributed by atoms with Crippen molar-refractivity contribution in [3.05, 3.63) is 54.5 Å². The Balaban J connectivity index is 1.28. The fourth-order valence-corrected chi connectivity index (χ4v) is 4.19. The Morgan fingerprint density at radius 3 is 2.81 bits per heavy atom. The SMILES string of the molecule is O=C(OCc1ccccc1)N1CC[C@@]12CCN(c1ncnc3[nH]ccc13)C2. The van der Waals surface area contributed by atoms with Gasteiger partial charge < -0.3 is 19.5 Å². The van der Waals surface area contributed by atoms with Crippen LogP contribution in [0.15, 0.2) is 48.9 Å². The van der Waals surface area contributed by atoms with Crippen molar-refractivity contribution in [2.75, 3.05) is 24.5 Å². The summed E-state index contributed by atoms with van der Waals surface area (Å²) in [6.45, 7) is 2.72. The van der Waals surface area contributed by atoms with Gasteiger partial charge in [0.1, 0.15) is 24.4 Å². The highest BCUT2D eigenvalue weighted by atomic mass is 16.6. The molecule has 7 heteroatoms. The van der Waals surface area contributed by atoms with Crippen molar-refractivity contribution in [3.63, 3.8) is 0 Å². The van der Waals surface area contributed by atoms with Crippen LogP contribution in [-0.4, -0.2) is 51.1 Å². The quantitative estimate of drug-likeness (QED) is 0.774. The molecular formula is C20H21N5O2. The van der Waals surface area contributed by atoms with Crippen molar-refractivity contribution in [2.24, 2.45) is 0 Å². The van der Waals surface area contributed by atoms with Gasteiger partial charge in [-0.15, -0.1) is 0 Å². The van der Waals surface area contributed by atoms with Crippen LogP contribution in [-0.2, 0) is 11.3 Å². The Bertz CT molecular complexity index is 973. The molecule has 3 aromatic rings. The number of nitrogens with one attached hydrogen (secondary N) is 1. The van der Waals surface area contributed by atoms with Gasteiger partial charge in [-0.05, 0) is 24.5 Å². The van der Waals surface area contributed by atoms with E-state index < -0.39 is 0 Å².